The fraction of sp³-hybridized carbons (Fsp3) is 0.846. The third-order valence-corrected chi connectivity index (χ3v) is 4.48. The Morgan fingerprint density at radius 2 is 2.06 bits per heavy atom. The van der Waals surface area contributed by atoms with Gasteiger partial charge in [-0.2, -0.15) is 0 Å². The lowest BCUT2D eigenvalue weighted by Gasteiger charge is -2.33. The molecule has 1 aliphatic heterocycles. The Hall–Kier alpha value is -0.580. The van der Waals surface area contributed by atoms with Crippen LogP contribution in [0.4, 0.5) is 0 Å². The molecule has 1 atom stereocenters. The van der Waals surface area contributed by atoms with Gasteiger partial charge in [0.1, 0.15) is 0 Å². The van der Waals surface area contributed by atoms with Crippen molar-refractivity contribution in [1.29, 1.82) is 0 Å². The van der Waals surface area contributed by atoms with Crippen molar-refractivity contribution in [2.75, 3.05) is 13.2 Å². The molecule has 1 saturated carbocycles. The molecule has 0 aromatic rings. The van der Waals surface area contributed by atoms with Crippen LogP contribution >= 0.6 is 15.9 Å². The maximum Gasteiger partial charge on any atom is 0.308 e. The molecule has 2 rings (SSSR count). The van der Waals surface area contributed by atoms with E-state index in [1.54, 1.807) is 0 Å². The molecule has 2 fully saturated rings. The minimum atomic E-state index is -0.0675. The lowest BCUT2D eigenvalue weighted by molar-refractivity contribution is -0.149. The van der Waals surface area contributed by atoms with Crippen molar-refractivity contribution in [2.24, 2.45) is 5.92 Å². The largest absolute Gasteiger partial charge is 0.466 e. The molecule has 0 N–H and O–H groups in total. The first-order valence-corrected chi connectivity index (χ1v) is 7.63. The van der Waals surface area contributed by atoms with Gasteiger partial charge in [-0.15, -0.1) is 0 Å². The Morgan fingerprint density at radius 1 is 1.39 bits per heavy atom. The van der Waals surface area contributed by atoms with Crippen molar-refractivity contribution in [3.05, 3.63) is 0 Å². The summed E-state index contributed by atoms with van der Waals surface area (Å²) in [5.41, 5.74) is 0. The number of alkyl halides is 1. The van der Waals surface area contributed by atoms with E-state index in [1.165, 1.54) is 0 Å². The van der Waals surface area contributed by atoms with E-state index in [0.29, 0.717) is 23.9 Å². The first-order valence-electron chi connectivity index (χ1n) is 6.72. The van der Waals surface area contributed by atoms with E-state index in [1.807, 2.05) is 11.8 Å². The van der Waals surface area contributed by atoms with Crippen molar-refractivity contribution in [3.8, 4) is 0 Å². The summed E-state index contributed by atoms with van der Waals surface area (Å²) in [7, 11) is 0. The average molecular weight is 318 g/mol. The number of rotatable bonds is 3. The van der Waals surface area contributed by atoms with E-state index in [2.05, 4.69) is 15.9 Å². The van der Waals surface area contributed by atoms with Gasteiger partial charge in [0.25, 0.3) is 0 Å². The summed E-state index contributed by atoms with van der Waals surface area (Å²) in [4.78, 5) is 25.7. The van der Waals surface area contributed by atoms with E-state index in [0.717, 1.165) is 32.2 Å². The molecule has 5 heteroatoms. The highest BCUT2D eigenvalue weighted by atomic mass is 79.9. The number of ether oxygens (including phenoxy) is 1. The van der Waals surface area contributed by atoms with Crippen LogP contribution in [0, 0.1) is 5.92 Å². The van der Waals surface area contributed by atoms with Crippen LogP contribution in [0.1, 0.15) is 39.0 Å². The van der Waals surface area contributed by atoms with Crippen LogP contribution in [0.15, 0.2) is 0 Å². The van der Waals surface area contributed by atoms with Crippen molar-refractivity contribution in [2.45, 2.75) is 49.9 Å². The maximum atomic E-state index is 11.8. The van der Waals surface area contributed by atoms with Crippen LogP contribution < -0.4 is 0 Å². The Labute approximate surface area is 116 Å². The number of nitrogens with zero attached hydrogens (tertiary/aromatic N) is 1. The lowest BCUT2D eigenvalue weighted by Crippen LogP contribution is -2.40. The van der Waals surface area contributed by atoms with Gasteiger partial charge >= 0.3 is 5.97 Å². The van der Waals surface area contributed by atoms with Gasteiger partial charge in [-0.3, -0.25) is 9.59 Å². The Balaban J connectivity index is 1.83. The van der Waals surface area contributed by atoms with Crippen LogP contribution in [-0.2, 0) is 14.3 Å². The van der Waals surface area contributed by atoms with Gasteiger partial charge in [-0.25, -0.2) is 0 Å². The molecule has 1 amide bonds. The zero-order valence-corrected chi connectivity index (χ0v) is 12.3. The number of likely N-dealkylation sites (tertiary alicyclic amines) is 1. The molecule has 4 nitrogen and oxygen atoms in total. The van der Waals surface area contributed by atoms with Crippen molar-refractivity contribution >= 4 is 27.8 Å². The monoisotopic (exact) mass is 317 g/mol. The summed E-state index contributed by atoms with van der Waals surface area (Å²) in [6.07, 6.45) is 4.15. The van der Waals surface area contributed by atoms with Crippen molar-refractivity contribution < 1.29 is 14.3 Å². The Morgan fingerprint density at radius 3 is 2.56 bits per heavy atom. The third kappa shape index (κ3) is 3.05. The van der Waals surface area contributed by atoms with Gasteiger partial charge in [-0.1, -0.05) is 15.9 Å². The molecule has 0 spiro atoms. The number of halogens is 1. The van der Waals surface area contributed by atoms with Crippen molar-refractivity contribution in [3.63, 3.8) is 0 Å². The summed E-state index contributed by atoms with van der Waals surface area (Å²) in [5, 5.41) is 0. The standard InChI is InChI=1S/C13H20BrNO3/c1-2-18-13(17)9-3-5-11(6-4-9)15-8-10(14)7-12(15)16/h9-11H,2-8H2,1H3. The van der Waals surface area contributed by atoms with E-state index in [9.17, 15) is 9.59 Å². The molecule has 0 aromatic heterocycles. The second-order valence-corrected chi connectivity index (χ2v) is 6.40. The average Bonchev–Trinajstić information content (AvgIpc) is 2.69. The molecule has 2 aliphatic rings. The molecule has 102 valence electrons. The zero-order chi connectivity index (χ0) is 13.1. The minimum absolute atomic E-state index is 0.0404. The van der Waals surface area contributed by atoms with Crippen molar-refractivity contribution in [1.82, 2.24) is 4.90 Å². The number of amides is 1. The second kappa shape index (κ2) is 6.04. The highest BCUT2D eigenvalue weighted by Crippen LogP contribution is 2.31. The van der Waals surface area contributed by atoms with Gasteiger partial charge in [0, 0.05) is 23.8 Å². The molecular formula is C13H20BrNO3. The van der Waals surface area contributed by atoms with Gasteiger partial charge in [0.2, 0.25) is 5.91 Å². The molecule has 0 radical (unpaired) electrons. The quantitative estimate of drug-likeness (QED) is 0.591. The van der Waals surface area contributed by atoms with E-state index in [4.69, 9.17) is 4.74 Å². The molecule has 1 saturated heterocycles. The predicted octanol–water partition coefficient (Wildman–Crippen LogP) is 2.10. The molecule has 1 heterocycles. The summed E-state index contributed by atoms with van der Waals surface area (Å²) in [6.45, 7) is 3.10. The molecule has 0 aromatic carbocycles. The van der Waals surface area contributed by atoms with Gasteiger partial charge in [0.15, 0.2) is 0 Å². The highest BCUT2D eigenvalue weighted by Gasteiger charge is 2.36. The predicted molar refractivity (Wildman–Crippen MR) is 71.4 cm³/mol. The van der Waals surface area contributed by atoms with Crippen LogP contribution in [0.3, 0.4) is 0 Å². The van der Waals surface area contributed by atoms with E-state index < -0.39 is 0 Å². The zero-order valence-electron chi connectivity index (χ0n) is 10.7. The third-order valence-electron chi connectivity index (χ3n) is 3.87. The van der Waals surface area contributed by atoms with Gasteiger partial charge < -0.3 is 9.64 Å². The SMILES string of the molecule is CCOC(=O)C1CCC(N2CC(Br)CC2=O)CC1. The second-order valence-electron chi connectivity index (χ2n) is 5.11. The van der Waals surface area contributed by atoms with Crippen LogP contribution in [0.5, 0.6) is 0 Å². The molecule has 1 aliphatic carbocycles. The first kappa shape index (κ1) is 13.8. The Kier molecular flexibility index (Phi) is 4.65. The number of hydrogen-bond donors (Lipinski definition) is 0. The minimum Gasteiger partial charge on any atom is -0.466 e. The fourth-order valence-electron chi connectivity index (χ4n) is 2.92. The summed E-state index contributed by atoms with van der Waals surface area (Å²) >= 11 is 3.50. The van der Waals surface area contributed by atoms with Crippen LogP contribution in [-0.4, -0.2) is 40.8 Å². The smallest absolute Gasteiger partial charge is 0.308 e. The molecule has 0 bridgehead atoms. The summed E-state index contributed by atoms with van der Waals surface area (Å²) in [6, 6.07) is 0.325. The van der Waals surface area contributed by atoms with E-state index >= 15 is 0 Å². The number of hydrogen-bond acceptors (Lipinski definition) is 3. The Bertz CT molecular complexity index is 326. The number of carbonyl (C=O) groups excluding carboxylic acids is 2. The first-order chi connectivity index (χ1) is 8.61. The van der Waals surface area contributed by atoms with Crippen LogP contribution in [0.2, 0.25) is 0 Å². The molecule has 1 unspecified atom stereocenters. The maximum absolute atomic E-state index is 11.8. The van der Waals surface area contributed by atoms with Crippen LogP contribution in [0.25, 0.3) is 0 Å². The lowest BCUT2D eigenvalue weighted by atomic mass is 9.85. The summed E-state index contributed by atoms with van der Waals surface area (Å²) in [5.74, 6) is 0.220. The highest BCUT2D eigenvalue weighted by molar-refractivity contribution is 9.09. The van der Waals surface area contributed by atoms with Gasteiger partial charge in [-0.05, 0) is 32.6 Å². The fourth-order valence-corrected chi connectivity index (χ4v) is 3.51. The number of esters is 1. The van der Waals surface area contributed by atoms with Gasteiger partial charge in [0.05, 0.1) is 12.5 Å². The summed E-state index contributed by atoms with van der Waals surface area (Å²) < 4.78 is 5.05. The molecular weight excluding hydrogens is 298 g/mol. The topological polar surface area (TPSA) is 46.6 Å². The molecule has 18 heavy (non-hydrogen) atoms. The normalized spacial score (nSPS) is 32.7. The van der Waals surface area contributed by atoms with E-state index in [-0.39, 0.29) is 17.8 Å². The number of carbonyl (C=O) groups is 2.